The molecule has 20 heavy (non-hydrogen) atoms. The molecule has 1 aromatic heterocycles. The summed E-state index contributed by atoms with van der Waals surface area (Å²) in [6, 6.07) is 6.21. The van der Waals surface area contributed by atoms with Crippen LogP contribution in [0.2, 0.25) is 0 Å². The Balaban J connectivity index is 1.89. The van der Waals surface area contributed by atoms with Crippen LogP contribution in [0.15, 0.2) is 24.5 Å². The van der Waals surface area contributed by atoms with Crippen molar-refractivity contribution in [1.29, 1.82) is 0 Å². The van der Waals surface area contributed by atoms with Crippen LogP contribution in [0.4, 0.5) is 5.69 Å². The van der Waals surface area contributed by atoms with Crippen molar-refractivity contribution in [3.63, 3.8) is 0 Å². The summed E-state index contributed by atoms with van der Waals surface area (Å²) in [5, 5.41) is 14.8. The first-order valence-corrected chi connectivity index (χ1v) is 7.39. The zero-order valence-electron chi connectivity index (χ0n) is 12.3. The summed E-state index contributed by atoms with van der Waals surface area (Å²) in [7, 11) is 0. The molecule has 5 nitrogen and oxygen atoms in total. The van der Waals surface area contributed by atoms with Gasteiger partial charge in [0, 0.05) is 12.2 Å². The molecule has 2 aromatic rings. The first-order valence-electron chi connectivity index (χ1n) is 7.39. The van der Waals surface area contributed by atoms with E-state index < -0.39 is 0 Å². The van der Waals surface area contributed by atoms with Crippen molar-refractivity contribution in [3.8, 4) is 5.69 Å². The van der Waals surface area contributed by atoms with Crippen LogP contribution in [0, 0.1) is 6.92 Å². The van der Waals surface area contributed by atoms with Gasteiger partial charge in [-0.1, -0.05) is 38.7 Å². The lowest BCUT2D eigenvalue weighted by molar-refractivity contribution is 0.645. The van der Waals surface area contributed by atoms with Crippen molar-refractivity contribution in [3.05, 3.63) is 30.1 Å². The molecular weight excluding hydrogens is 250 g/mol. The second-order valence-electron chi connectivity index (χ2n) is 5.09. The number of aryl methyl sites for hydroxylation is 1. The van der Waals surface area contributed by atoms with Crippen LogP contribution >= 0.6 is 0 Å². The van der Waals surface area contributed by atoms with Crippen molar-refractivity contribution < 1.29 is 0 Å². The Kier molecular flexibility index (Phi) is 5.53. The monoisotopic (exact) mass is 273 g/mol. The van der Waals surface area contributed by atoms with Crippen LogP contribution < -0.4 is 5.32 Å². The minimum atomic E-state index is 0.981. The molecule has 1 N–H and O–H groups in total. The van der Waals surface area contributed by atoms with Gasteiger partial charge in [-0.15, -0.1) is 5.10 Å². The minimum Gasteiger partial charge on any atom is -0.385 e. The molecule has 0 saturated carbocycles. The van der Waals surface area contributed by atoms with Crippen LogP contribution in [0.5, 0.6) is 0 Å². The smallest absolute Gasteiger partial charge is 0.143 e. The molecule has 1 heterocycles. The van der Waals surface area contributed by atoms with E-state index in [9.17, 15) is 0 Å². The van der Waals surface area contributed by atoms with Crippen LogP contribution in [0.25, 0.3) is 5.69 Å². The Morgan fingerprint density at radius 2 is 2.00 bits per heavy atom. The fraction of sp³-hybridized carbons (Fsp3) is 0.533. The summed E-state index contributed by atoms with van der Waals surface area (Å²) >= 11 is 0. The van der Waals surface area contributed by atoms with Crippen LogP contribution in [0.1, 0.15) is 44.6 Å². The number of hydrogen-bond acceptors (Lipinski definition) is 4. The van der Waals surface area contributed by atoms with Gasteiger partial charge in [0.2, 0.25) is 0 Å². The Hall–Kier alpha value is -1.91. The molecule has 1 aromatic carbocycles. The first-order chi connectivity index (χ1) is 9.81. The maximum atomic E-state index is 3.92. The van der Waals surface area contributed by atoms with Gasteiger partial charge in [-0.3, -0.25) is 0 Å². The SMILES string of the molecule is CCCCCCCNc1cc(-n2cnnn2)ccc1C. The number of nitrogens with zero attached hydrogens (tertiary/aromatic N) is 4. The topological polar surface area (TPSA) is 55.6 Å². The summed E-state index contributed by atoms with van der Waals surface area (Å²) in [5.74, 6) is 0. The standard InChI is InChI=1S/C15H23N5/c1-3-4-5-6-7-10-16-15-11-14(9-8-13(15)2)20-12-17-18-19-20/h8-9,11-12,16H,3-7,10H2,1-2H3. The average Bonchev–Trinajstić information content (AvgIpc) is 2.98. The van der Waals surface area contributed by atoms with Gasteiger partial charge in [0.25, 0.3) is 0 Å². The Labute approximate surface area is 120 Å². The third-order valence-corrected chi connectivity index (χ3v) is 3.43. The minimum absolute atomic E-state index is 0.981. The molecule has 0 radical (unpaired) electrons. The lowest BCUT2D eigenvalue weighted by Gasteiger charge is -2.11. The zero-order chi connectivity index (χ0) is 14.2. The number of nitrogens with one attached hydrogen (secondary N) is 1. The number of benzene rings is 1. The van der Waals surface area contributed by atoms with E-state index in [1.165, 1.54) is 37.7 Å². The highest BCUT2D eigenvalue weighted by molar-refractivity contribution is 5.56. The molecule has 0 spiro atoms. The lowest BCUT2D eigenvalue weighted by Crippen LogP contribution is -2.04. The molecule has 0 aliphatic heterocycles. The second-order valence-corrected chi connectivity index (χ2v) is 5.09. The Bertz CT molecular complexity index is 507. The molecule has 0 amide bonds. The van der Waals surface area contributed by atoms with Crippen molar-refractivity contribution >= 4 is 5.69 Å². The molecular formula is C15H23N5. The van der Waals surface area contributed by atoms with Crippen molar-refractivity contribution in [2.24, 2.45) is 0 Å². The molecule has 0 bridgehead atoms. The maximum Gasteiger partial charge on any atom is 0.143 e. The molecule has 2 rings (SSSR count). The normalized spacial score (nSPS) is 10.7. The lowest BCUT2D eigenvalue weighted by atomic mass is 10.1. The van der Waals surface area contributed by atoms with E-state index >= 15 is 0 Å². The van der Waals surface area contributed by atoms with E-state index in [0.29, 0.717) is 0 Å². The van der Waals surface area contributed by atoms with E-state index in [4.69, 9.17) is 0 Å². The molecule has 0 unspecified atom stereocenters. The first kappa shape index (κ1) is 14.5. The fourth-order valence-electron chi connectivity index (χ4n) is 2.17. The van der Waals surface area contributed by atoms with E-state index in [-0.39, 0.29) is 0 Å². The van der Waals surface area contributed by atoms with E-state index in [1.807, 2.05) is 6.07 Å². The van der Waals surface area contributed by atoms with Gasteiger partial charge in [0.05, 0.1) is 5.69 Å². The fourth-order valence-corrected chi connectivity index (χ4v) is 2.17. The maximum absolute atomic E-state index is 3.92. The van der Waals surface area contributed by atoms with Gasteiger partial charge in [-0.2, -0.15) is 0 Å². The van der Waals surface area contributed by atoms with Gasteiger partial charge >= 0.3 is 0 Å². The number of aromatic nitrogens is 4. The highest BCUT2D eigenvalue weighted by Gasteiger charge is 2.02. The molecule has 108 valence electrons. The van der Waals surface area contributed by atoms with E-state index in [0.717, 1.165) is 17.9 Å². The number of anilines is 1. The van der Waals surface area contributed by atoms with Crippen LogP contribution in [-0.4, -0.2) is 26.8 Å². The third-order valence-electron chi connectivity index (χ3n) is 3.43. The Morgan fingerprint density at radius 1 is 1.15 bits per heavy atom. The highest BCUT2D eigenvalue weighted by atomic mass is 15.5. The zero-order valence-corrected chi connectivity index (χ0v) is 12.3. The quantitative estimate of drug-likeness (QED) is 0.749. The number of rotatable bonds is 8. The predicted molar refractivity (Wildman–Crippen MR) is 81.1 cm³/mol. The Morgan fingerprint density at radius 3 is 2.75 bits per heavy atom. The van der Waals surface area contributed by atoms with Gasteiger partial charge in [-0.05, 0) is 41.5 Å². The van der Waals surface area contributed by atoms with Gasteiger partial charge in [0.15, 0.2) is 0 Å². The van der Waals surface area contributed by atoms with E-state index in [2.05, 4.69) is 46.8 Å². The molecule has 0 fully saturated rings. The van der Waals surface area contributed by atoms with Crippen molar-refractivity contribution in [2.45, 2.75) is 46.0 Å². The molecule has 0 aliphatic rings. The third kappa shape index (κ3) is 4.05. The van der Waals surface area contributed by atoms with Crippen LogP contribution in [-0.2, 0) is 0 Å². The van der Waals surface area contributed by atoms with Crippen molar-refractivity contribution in [2.75, 3.05) is 11.9 Å². The van der Waals surface area contributed by atoms with E-state index in [1.54, 1.807) is 11.0 Å². The summed E-state index contributed by atoms with van der Waals surface area (Å²) in [4.78, 5) is 0. The van der Waals surface area contributed by atoms with Gasteiger partial charge in [-0.25, -0.2) is 4.68 Å². The van der Waals surface area contributed by atoms with Gasteiger partial charge in [0.1, 0.15) is 6.33 Å². The molecule has 0 atom stereocenters. The van der Waals surface area contributed by atoms with Crippen molar-refractivity contribution in [1.82, 2.24) is 20.2 Å². The molecule has 0 saturated heterocycles. The second kappa shape index (κ2) is 7.62. The molecule has 0 aliphatic carbocycles. The van der Waals surface area contributed by atoms with Gasteiger partial charge < -0.3 is 5.32 Å². The summed E-state index contributed by atoms with van der Waals surface area (Å²) in [6.07, 6.45) is 8.09. The highest BCUT2D eigenvalue weighted by Crippen LogP contribution is 2.19. The number of hydrogen-bond donors (Lipinski definition) is 1. The molecule has 5 heteroatoms. The summed E-state index contributed by atoms with van der Waals surface area (Å²) in [6.45, 7) is 5.37. The summed E-state index contributed by atoms with van der Waals surface area (Å²) < 4.78 is 1.67. The van der Waals surface area contributed by atoms with Crippen LogP contribution in [0.3, 0.4) is 0 Å². The largest absolute Gasteiger partial charge is 0.385 e. The predicted octanol–water partition coefficient (Wildman–Crippen LogP) is 3.35. The number of unbranched alkanes of at least 4 members (excludes halogenated alkanes) is 4. The number of tetrazole rings is 1. The summed E-state index contributed by atoms with van der Waals surface area (Å²) in [5.41, 5.74) is 3.39. The average molecular weight is 273 g/mol.